The average molecular weight is 387 g/mol. The first-order valence-electron chi connectivity index (χ1n) is 9.38. The van der Waals surface area contributed by atoms with Gasteiger partial charge in [-0.15, -0.1) is 0 Å². The number of rotatable bonds is 2. The van der Waals surface area contributed by atoms with Crippen molar-refractivity contribution in [3.8, 4) is 0 Å². The van der Waals surface area contributed by atoms with Crippen molar-refractivity contribution in [1.29, 1.82) is 0 Å². The van der Waals surface area contributed by atoms with Gasteiger partial charge >= 0.3 is 0 Å². The molecule has 0 aliphatic carbocycles. The highest BCUT2D eigenvalue weighted by molar-refractivity contribution is 6.34. The fraction of sp³-hybridized carbons (Fsp3) is 0.409. The number of likely N-dealkylation sites (tertiary alicyclic amines) is 2. The molecule has 0 unspecified atom stereocenters. The van der Waals surface area contributed by atoms with Crippen LogP contribution in [0.5, 0.6) is 0 Å². The van der Waals surface area contributed by atoms with Gasteiger partial charge in [0.1, 0.15) is 5.82 Å². The van der Waals surface area contributed by atoms with Crippen LogP contribution in [-0.4, -0.2) is 42.4 Å². The van der Waals surface area contributed by atoms with Gasteiger partial charge in [-0.3, -0.25) is 9.69 Å². The number of fused-ring (bicyclic) bond motifs is 1. The minimum atomic E-state index is -0.541. The summed E-state index contributed by atoms with van der Waals surface area (Å²) in [4.78, 5) is 17.2. The average Bonchev–Trinajstić information content (AvgIpc) is 3.16. The minimum absolute atomic E-state index is 0.0115. The van der Waals surface area contributed by atoms with Gasteiger partial charge < -0.3 is 4.90 Å². The van der Waals surface area contributed by atoms with Crippen molar-refractivity contribution >= 4 is 17.5 Å². The number of amides is 1. The largest absolute Gasteiger partial charge is 0.338 e. The SMILES string of the molecule is Cc1ccccc1[C@@H]1[C@@H]2CN(C(=O)c3c(F)ccc(C)c3Cl)C[C@@H]2CN1C. The standard InChI is InChI=1S/C22H24ClFN2O/c1-13-6-4-5-7-16(13)21-17-12-26(11-15(17)10-25(21)3)22(27)19-18(24)9-8-14(2)20(19)23/h4-9,15,17,21H,10-12H2,1-3H3/t15-,17+,21+/m0/s1. The van der Waals surface area contributed by atoms with Gasteiger partial charge in [-0.05, 0) is 49.6 Å². The monoisotopic (exact) mass is 386 g/mol. The lowest BCUT2D eigenvalue weighted by Gasteiger charge is -2.28. The molecule has 0 radical (unpaired) electrons. The molecule has 2 aromatic rings. The molecule has 3 atom stereocenters. The summed E-state index contributed by atoms with van der Waals surface area (Å²) in [5.41, 5.74) is 3.32. The zero-order valence-corrected chi connectivity index (χ0v) is 16.6. The molecular weight excluding hydrogens is 363 g/mol. The van der Waals surface area contributed by atoms with Crippen molar-refractivity contribution in [2.45, 2.75) is 19.9 Å². The predicted molar refractivity (Wildman–Crippen MR) is 106 cm³/mol. The summed E-state index contributed by atoms with van der Waals surface area (Å²) >= 11 is 6.27. The second-order valence-electron chi connectivity index (χ2n) is 7.93. The third-order valence-electron chi connectivity index (χ3n) is 6.19. The van der Waals surface area contributed by atoms with Gasteiger partial charge in [0.05, 0.1) is 10.6 Å². The molecule has 2 aliphatic heterocycles. The fourth-order valence-electron chi connectivity index (χ4n) is 4.82. The number of hydrogen-bond donors (Lipinski definition) is 0. The Morgan fingerprint density at radius 1 is 1.07 bits per heavy atom. The zero-order valence-electron chi connectivity index (χ0n) is 15.9. The quantitative estimate of drug-likeness (QED) is 0.760. The first-order chi connectivity index (χ1) is 12.9. The van der Waals surface area contributed by atoms with Crippen molar-refractivity contribution < 1.29 is 9.18 Å². The second kappa shape index (κ2) is 6.92. The summed E-state index contributed by atoms with van der Waals surface area (Å²) in [5.74, 6) is -0.0797. The maximum absolute atomic E-state index is 14.3. The van der Waals surface area contributed by atoms with Gasteiger partial charge in [0.15, 0.2) is 0 Å². The molecule has 3 nitrogen and oxygen atoms in total. The highest BCUT2D eigenvalue weighted by Crippen LogP contribution is 2.45. The second-order valence-corrected chi connectivity index (χ2v) is 8.31. The smallest absolute Gasteiger partial charge is 0.258 e. The van der Waals surface area contributed by atoms with Gasteiger partial charge in [0, 0.05) is 31.6 Å². The van der Waals surface area contributed by atoms with E-state index >= 15 is 0 Å². The highest BCUT2D eigenvalue weighted by Gasteiger charge is 2.48. The van der Waals surface area contributed by atoms with Gasteiger partial charge in [-0.2, -0.15) is 0 Å². The Labute approximate surface area is 164 Å². The lowest BCUT2D eigenvalue weighted by molar-refractivity contribution is 0.0763. The molecule has 0 spiro atoms. The maximum atomic E-state index is 14.3. The highest BCUT2D eigenvalue weighted by atomic mass is 35.5. The minimum Gasteiger partial charge on any atom is -0.338 e. The maximum Gasteiger partial charge on any atom is 0.258 e. The molecule has 4 rings (SSSR count). The van der Waals surface area contributed by atoms with Crippen molar-refractivity contribution in [2.75, 3.05) is 26.7 Å². The summed E-state index contributed by atoms with van der Waals surface area (Å²) in [5, 5.41) is 0.227. The fourth-order valence-corrected chi connectivity index (χ4v) is 5.06. The Bertz CT molecular complexity index is 900. The number of carbonyl (C=O) groups excluding carboxylic acids is 1. The molecule has 2 heterocycles. The van der Waals surface area contributed by atoms with Crippen LogP contribution in [0.15, 0.2) is 36.4 Å². The molecular formula is C22H24ClFN2O. The van der Waals surface area contributed by atoms with Crippen molar-refractivity contribution in [1.82, 2.24) is 9.80 Å². The molecule has 2 fully saturated rings. The van der Waals surface area contributed by atoms with E-state index in [2.05, 4.69) is 43.1 Å². The van der Waals surface area contributed by atoms with Gasteiger partial charge in [0.2, 0.25) is 0 Å². The number of benzene rings is 2. The van der Waals surface area contributed by atoms with Crippen LogP contribution in [0, 0.1) is 31.5 Å². The van der Waals surface area contributed by atoms with E-state index in [1.165, 1.54) is 17.2 Å². The van der Waals surface area contributed by atoms with Gasteiger partial charge in [-0.1, -0.05) is 41.9 Å². The normalized spacial score (nSPS) is 25.1. The van der Waals surface area contributed by atoms with Crippen molar-refractivity contribution in [3.05, 3.63) is 69.5 Å². The lowest BCUT2D eigenvalue weighted by atomic mass is 9.88. The molecule has 0 saturated carbocycles. The zero-order chi connectivity index (χ0) is 19.3. The summed E-state index contributed by atoms with van der Waals surface area (Å²) in [6.45, 7) is 6.16. The Morgan fingerprint density at radius 3 is 2.56 bits per heavy atom. The summed E-state index contributed by atoms with van der Waals surface area (Å²) in [7, 11) is 2.15. The molecule has 27 heavy (non-hydrogen) atoms. The van der Waals surface area contributed by atoms with Crippen LogP contribution >= 0.6 is 11.6 Å². The molecule has 0 bridgehead atoms. The van der Waals surface area contributed by atoms with Crippen LogP contribution in [0.4, 0.5) is 4.39 Å². The van der Waals surface area contributed by atoms with Crippen LogP contribution < -0.4 is 0 Å². The Kier molecular flexibility index (Phi) is 4.73. The Morgan fingerprint density at radius 2 is 1.81 bits per heavy atom. The molecule has 0 N–H and O–H groups in total. The van der Waals surface area contributed by atoms with Crippen LogP contribution in [0.3, 0.4) is 0 Å². The molecule has 2 saturated heterocycles. The Balaban J connectivity index is 1.62. The van der Waals surface area contributed by atoms with Crippen LogP contribution in [0.25, 0.3) is 0 Å². The number of halogens is 2. The van der Waals surface area contributed by atoms with E-state index in [-0.39, 0.29) is 22.5 Å². The molecule has 1 amide bonds. The predicted octanol–water partition coefficient (Wildman–Crippen LogP) is 4.47. The number of aryl methyl sites for hydroxylation is 2. The summed E-state index contributed by atoms with van der Waals surface area (Å²) < 4.78 is 14.3. The summed E-state index contributed by atoms with van der Waals surface area (Å²) in [6, 6.07) is 11.7. The lowest BCUT2D eigenvalue weighted by Crippen LogP contribution is -2.34. The first-order valence-corrected chi connectivity index (χ1v) is 9.76. The van der Waals surface area contributed by atoms with E-state index in [1.54, 1.807) is 17.9 Å². The van der Waals surface area contributed by atoms with E-state index in [1.807, 2.05) is 0 Å². The number of hydrogen-bond acceptors (Lipinski definition) is 2. The molecule has 0 aromatic heterocycles. The van der Waals surface area contributed by atoms with Gasteiger partial charge in [0.25, 0.3) is 5.91 Å². The number of nitrogens with zero attached hydrogens (tertiary/aromatic N) is 2. The molecule has 5 heteroatoms. The molecule has 2 aromatic carbocycles. The van der Waals surface area contributed by atoms with E-state index in [0.717, 1.165) is 12.1 Å². The van der Waals surface area contributed by atoms with Crippen molar-refractivity contribution in [3.63, 3.8) is 0 Å². The molecule has 142 valence electrons. The van der Waals surface area contributed by atoms with E-state index < -0.39 is 5.82 Å². The van der Waals surface area contributed by atoms with Crippen molar-refractivity contribution in [2.24, 2.45) is 11.8 Å². The topological polar surface area (TPSA) is 23.6 Å². The van der Waals surface area contributed by atoms with Crippen LogP contribution in [0.2, 0.25) is 5.02 Å². The van der Waals surface area contributed by atoms with Gasteiger partial charge in [-0.25, -0.2) is 4.39 Å². The Hall–Kier alpha value is -1.91. The van der Waals surface area contributed by atoms with Crippen LogP contribution in [-0.2, 0) is 0 Å². The third-order valence-corrected chi connectivity index (χ3v) is 6.67. The molecule has 2 aliphatic rings. The van der Waals surface area contributed by atoms with Crippen LogP contribution in [0.1, 0.15) is 33.1 Å². The van der Waals surface area contributed by atoms with E-state index in [0.29, 0.717) is 24.9 Å². The summed E-state index contributed by atoms with van der Waals surface area (Å²) in [6.07, 6.45) is 0. The third kappa shape index (κ3) is 3.05. The van der Waals surface area contributed by atoms with E-state index in [9.17, 15) is 9.18 Å². The number of carbonyl (C=O) groups is 1. The first kappa shape index (κ1) is 18.5. The van der Waals surface area contributed by atoms with E-state index in [4.69, 9.17) is 11.6 Å².